The van der Waals surface area contributed by atoms with Crippen LogP contribution in [0.15, 0.2) is 35.6 Å². The van der Waals surface area contributed by atoms with Gasteiger partial charge in [-0.2, -0.15) is 0 Å². The van der Waals surface area contributed by atoms with Crippen LogP contribution in [0.4, 0.5) is 5.82 Å². The van der Waals surface area contributed by atoms with Crippen molar-refractivity contribution in [1.29, 1.82) is 0 Å². The summed E-state index contributed by atoms with van der Waals surface area (Å²) in [6.07, 6.45) is 4.85. The van der Waals surface area contributed by atoms with Gasteiger partial charge in [0.05, 0.1) is 18.4 Å². The Morgan fingerprint density at radius 2 is 2.12 bits per heavy atom. The maximum Gasteiger partial charge on any atom is 0.335 e. The maximum absolute atomic E-state index is 13.2. The molecule has 0 aromatic carbocycles. The second-order valence-corrected chi connectivity index (χ2v) is 5.95. The van der Waals surface area contributed by atoms with E-state index in [-0.39, 0.29) is 5.69 Å². The van der Waals surface area contributed by atoms with E-state index in [0.717, 1.165) is 32.0 Å². The molecule has 4 heterocycles. The summed E-state index contributed by atoms with van der Waals surface area (Å²) >= 11 is 0. The van der Waals surface area contributed by atoms with Crippen molar-refractivity contribution in [1.82, 2.24) is 29.4 Å². The minimum Gasteiger partial charge on any atom is -0.352 e. The van der Waals surface area contributed by atoms with Gasteiger partial charge in [-0.25, -0.2) is 19.3 Å². The molecular formula is C18H19N7O. The average molecular weight is 349 g/mol. The number of hydrogen-bond acceptors (Lipinski definition) is 6. The lowest BCUT2D eigenvalue weighted by molar-refractivity contribution is 0.585. The van der Waals surface area contributed by atoms with Gasteiger partial charge < -0.3 is 10.2 Å². The lowest BCUT2D eigenvalue weighted by Gasteiger charge is -2.28. The van der Waals surface area contributed by atoms with Crippen LogP contribution in [0, 0.1) is 11.8 Å². The molecule has 8 nitrogen and oxygen atoms in total. The van der Waals surface area contributed by atoms with Crippen molar-refractivity contribution in [2.45, 2.75) is 13.5 Å². The first-order valence-corrected chi connectivity index (χ1v) is 8.53. The van der Waals surface area contributed by atoms with Gasteiger partial charge in [-0.1, -0.05) is 5.92 Å². The topological polar surface area (TPSA) is 80.9 Å². The van der Waals surface area contributed by atoms with E-state index in [9.17, 15) is 4.79 Å². The molecule has 0 radical (unpaired) electrons. The van der Waals surface area contributed by atoms with Gasteiger partial charge in [0.15, 0.2) is 11.5 Å². The Bertz CT molecular complexity index is 1040. The quantitative estimate of drug-likeness (QED) is 0.690. The summed E-state index contributed by atoms with van der Waals surface area (Å²) in [5.74, 6) is 6.62. The maximum atomic E-state index is 13.2. The van der Waals surface area contributed by atoms with Crippen LogP contribution >= 0.6 is 0 Å². The number of fused-ring (bicyclic) bond motifs is 1. The Morgan fingerprint density at radius 3 is 2.85 bits per heavy atom. The molecule has 3 aromatic heterocycles. The van der Waals surface area contributed by atoms with Crippen LogP contribution in [0.2, 0.25) is 0 Å². The first kappa shape index (κ1) is 16.3. The van der Waals surface area contributed by atoms with E-state index in [2.05, 4.69) is 37.0 Å². The Labute approximate surface area is 150 Å². The second kappa shape index (κ2) is 6.98. The molecule has 1 aliphatic rings. The van der Waals surface area contributed by atoms with Gasteiger partial charge in [0, 0.05) is 32.4 Å². The van der Waals surface area contributed by atoms with Gasteiger partial charge in [-0.3, -0.25) is 9.55 Å². The molecule has 0 unspecified atom stereocenters. The molecule has 26 heavy (non-hydrogen) atoms. The number of nitrogens with zero attached hydrogens (tertiary/aromatic N) is 6. The fourth-order valence-corrected chi connectivity index (χ4v) is 3.20. The Balaban J connectivity index is 2.00. The molecule has 1 aliphatic heterocycles. The molecule has 0 atom stereocenters. The van der Waals surface area contributed by atoms with Gasteiger partial charge in [0.1, 0.15) is 11.8 Å². The molecule has 1 fully saturated rings. The molecule has 8 heteroatoms. The minimum atomic E-state index is -0.187. The van der Waals surface area contributed by atoms with Crippen molar-refractivity contribution in [3.05, 3.63) is 41.3 Å². The van der Waals surface area contributed by atoms with E-state index in [1.54, 1.807) is 34.5 Å². The number of anilines is 1. The molecule has 0 saturated carbocycles. The monoisotopic (exact) mass is 349 g/mol. The number of piperazine rings is 1. The molecule has 132 valence electrons. The number of rotatable bonds is 3. The normalized spacial score (nSPS) is 14.3. The zero-order valence-corrected chi connectivity index (χ0v) is 14.5. The molecule has 0 spiro atoms. The van der Waals surface area contributed by atoms with Crippen molar-refractivity contribution in [2.24, 2.45) is 0 Å². The summed E-state index contributed by atoms with van der Waals surface area (Å²) in [7, 11) is 0. The Morgan fingerprint density at radius 1 is 1.27 bits per heavy atom. The summed E-state index contributed by atoms with van der Waals surface area (Å²) in [5.41, 5.74) is 1.78. The summed E-state index contributed by atoms with van der Waals surface area (Å²) in [6.45, 7) is 5.49. The van der Waals surface area contributed by atoms with Gasteiger partial charge in [-0.05, 0) is 19.1 Å². The number of aromatic nitrogens is 5. The van der Waals surface area contributed by atoms with E-state index < -0.39 is 0 Å². The van der Waals surface area contributed by atoms with Crippen molar-refractivity contribution in [3.8, 4) is 17.5 Å². The van der Waals surface area contributed by atoms with Crippen molar-refractivity contribution in [3.63, 3.8) is 0 Å². The highest BCUT2D eigenvalue weighted by Crippen LogP contribution is 2.24. The molecule has 1 saturated heterocycles. The van der Waals surface area contributed by atoms with Crippen LogP contribution in [-0.4, -0.2) is 50.3 Å². The van der Waals surface area contributed by atoms with Gasteiger partial charge in [-0.15, -0.1) is 5.92 Å². The predicted molar refractivity (Wildman–Crippen MR) is 99.5 cm³/mol. The smallest absolute Gasteiger partial charge is 0.335 e. The third-order valence-electron chi connectivity index (χ3n) is 4.42. The third-order valence-corrected chi connectivity index (χ3v) is 4.42. The summed E-state index contributed by atoms with van der Waals surface area (Å²) in [6, 6.07) is 3.64. The number of imidazole rings is 1. The van der Waals surface area contributed by atoms with Crippen LogP contribution in [0.25, 0.3) is 16.9 Å². The zero-order valence-electron chi connectivity index (χ0n) is 14.5. The summed E-state index contributed by atoms with van der Waals surface area (Å²) < 4.78 is 3.23. The van der Waals surface area contributed by atoms with Crippen LogP contribution in [0.3, 0.4) is 0 Å². The minimum absolute atomic E-state index is 0.187. The van der Waals surface area contributed by atoms with E-state index >= 15 is 0 Å². The summed E-state index contributed by atoms with van der Waals surface area (Å²) in [5, 5.41) is 3.33. The van der Waals surface area contributed by atoms with Gasteiger partial charge >= 0.3 is 5.69 Å². The predicted octanol–water partition coefficient (Wildman–Crippen LogP) is 0.410. The number of nitrogens with one attached hydrogen (secondary N) is 1. The molecule has 0 amide bonds. The van der Waals surface area contributed by atoms with Crippen LogP contribution in [0.1, 0.15) is 6.92 Å². The summed E-state index contributed by atoms with van der Waals surface area (Å²) in [4.78, 5) is 28.4. The van der Waals surface area contributed by atoms with E-state index in [1.165, 1.54) is 6.33 Å². The highest BCUT2D eigenvalue weighted by Gasteiger charge is 2.23. The van der Waals surface area contributed by atoms with Crippen LogP contribution < -0.4 is 15.9 Å². The first-order valence-electron chi connectivity index (χ1n) is 8.53. The molecule has 0 aliphatic carbocycles. The van der Waals surface area contributed by atoms with Crippen molar-refractivity contribution in [2.75, 3.05) is 31.1 Å². The van der Waals surface area contributed by atoms with Crippen molar-refractivity contribution < 1.29 is 0 Å². The van der Waals surface area contributed by atoms with E-state index in [4.69, 9.17) is 0 Å². The molecule has 0 bridgehead atoms. The second-order valence-electron chi connectivity index (χ2n) is 5.95. The zero-order chi connectivity index (χ0) is 17.9. The molecule has 3 aromatic rings. The largest absolute Gasteiger partial charge is 0.352 e. The molecule has 4 rings (SSSR count). The third kappa shape index (κ3) is 2.72. The van der Waals surface area contributed by atoms with Gasteiger partial charge in [0.25, 0.3) is 0 Å². The van der Waals surface area contributed by atoms with Crippen LogP contribution in [0.5, 0.6) is 0 Å². The highest BCUT2D eigenvalue weighted by molar-refractivity contribution is 5.85. The molecular weight excluding hydrogens is 330 g/mol. The van der Waals surface area contributed by atoms with E-state index in [1.807, 2.05) is 6.07 Å². The highest BCUT2D eigenvalue weighted by atomic mass is 16.1. The first-order chi connectivity index (χ1) is 12.8. The molecule has 1 N–H and O–H groups in total. The Kier molecular flexibility index (Phi) is 4.37. The Hall–Kier alpha value is -3.18. The lowest BCUT2D eigenvalue weighted by Crippen LogP contribution is -2.44. The number of hydrogen-bond donors (Lipinski definition) is 1. The standard InChI is InChI=1S/C18H19N7O/c1-2-3-9-24-15-16(23-10-7-19-8-11-23)21-13-22-17(15)25(18(24)26)14-5-4-6-20-12-14/h4-6,12-13,19H,7-11H2,1H3. The lowest BCUT2D eigenvalue weighted by atomic mass is 10.3. The fraction of sp³-hybridized carbons (Fsp3) is 0.333. The SMILES string of the molecule is CC#CCn1c(=O)n(-c2cccnc2)c2ncnc(N3CCNCC3)c21. The number of pyridine rings is 1. The van der Waals surface area contributed by atoms with Crippen LogP contribution in [-0.2, 0) is 6.54 Å². The fourth-order valence-electron chi connectivity index (χ4n) is 3.20. The van der Waals surface area contributed by atoms with Gasteiger partial charge in [0.2, 0.25) is 0 Å². The van der Waals surface area contributed by atoms with E-state index in [0.29, 0.717) is 23.4 Å². The van der Waals surface area contributed by atoms with Crippen molar-refractivity contribution >= 4 is 17.0 Å². The average Bonchev–Trinajstić information content (AvgIpc) is 2.99.